The van der Waals surface area contributed by atoms with E-state index in [1.165, 1.54) is 18.3 Å². The fourth-order valence-corrected chi connectivity index (χ4v) is 2.73. The molecule has 1 N–H and O–H groups in total. The molecule has 0 radical (unpaired) electrons. The van der Waals surface area contributed by atoms with Gasteiger partial charge in [-0.05, 0) is 39.7 Å². The molecule has 2 aromatic rings. The third kappa shape index (κ3) is 4.36. The molecule has 8 heteroatoms. The van der Waals surface area contributed by atoms with Gasteiger partial charge in [0, 0.05) is 17.2 Å². The Balaban J connectivity index is 2.13. The smallest absolute Gasteiger partial charge is 0.348 e. The van der Waals surface area contributed by atoms with Crippen LogP contribution in [0.4, 0.5) is 13.2 Å². The zero-order chi connectivity index (χ0) is 17.9. The lowest BCUT2D eigenvalue weighted by Crippen LogP contribution is -2.27. The maximum absolute atomic E-state index is 12.9. The number of aromatic nitrogens is 1. The molecular weight excluding hydrogens is 409 g/mol. The highest BCUT2D eigenvalue weighted by atomic mass is 79.9. The molecule has 0 aliphatic carbocycles. The monoisotopic (exact) mass is 418 g/mol. The summed E-state index contributed by atoms with van der Waals surface area (Å²) in [5, 5.41) is 2.72. The predicted molar refractivity (Wildman–Crippen MR) is 89.8 cm³/mol. The quantitative estimate of drug-likeness (QED) is 0.761. The summed E-state index contributed by atoms with van der Waals surface area (Å²) in [7, 11) is 0. The maximum Gasteiger partial charge on any atom is 0.417 e. The van der Waals surface area contributed by atoms with Crippen LogP contribution in [0.25, 0.3) is 5.57 Å². The average Bonchev–Trinajstić information content (AvgIpc) is 2.51. The van der Waals surface area contributed by atoms with Gasteiger partial charge in [-0.3, -0.25) is 9.78 Å². The van der Waals surface area contributed by atoms with Crippen LogP contribution in [0.1, 0.15) is 21.6 Å². The fourth-order valence-electron chi connectivity index (χ4n) is 1.97. The van der Waals surface area contributed by atoms with E-state index in [0.717, 1.165) is 12.1 Å². The second kappa shape index (κ2) is 7.36. The molecule has 0 saturated carbocycles. The van der Waals surface area contributed by atoms with Crippen LogP contribution in [0.5, 0.6) is 0 Å². The minimum absolute atomic E-state index is 0.0840. The first-order chi connectivity index (χ1) is 11.2. The molecule has 0 fully saturated rings. The Hall–Kier alpha value is -1.86. The van der Waals surface area contributed by atoms with Crippen LogP contribution in [0.2, 0.25) is 5.02 Å². The Bertz CT molecular complexity index is 793. The number of amides is 1. The van der Waals surface area contributed by atoms with Crippen molar-refractivity contribution in [1.29, 1.82) is 0 Å². The van der Waals surface area contributed by atoms with Gasteiger partial charge < -0.3 is 5.32 Å². The minimum atomic E-state index is -4.61. The summed E-state index contributed by atoms with van der Waals surface area (Å²) in [4.78, 5) is 16.1. The average molecular weight is 420 g/mol. The summed E-state index contributed by atoms with van der Waals surface area (Å²) in [5.74, 6) is -0.850. The molecule has 1 aromatic heterocycles. The molecule has 1 heterocycles. The zero-order valence-corrected chi connectivity index (χ0v) is 14.5. The van der Waals surface area contributed by atoms with Crippen molar-refractivity contribution in [3.8, 4) is 0 Å². The molecule has 0 bridgehead atoms. The summed E-state index contributed by atoms with van der Waals surface area (Å²) in [6.07, 6.45) is -3.10. The van der Waals surface area contributed by atoms with Crippen molar-refractivity contribution in [2.24, 2.45) is 0 Å². The van der Waals surface area contributed by atoms with Gasteiger partial charge in [0.05, 0.1) is 21.8 Å². The van der Waals surface area contributed by atoms with Gasteiger partial charge in [-0.2, -0.15) is 13.2 Å². The van der Waals surface area contributed by atoms with Crippen LogP contribution in [0.15, 0.2) is 47.6 Å². The largest absolute Gasteiger partial charge is 0.417 e. The first-order valence-electron chi connectivity index (χ1n) is 6.63. The zero-order valence-electron chi connectivity index (χ0n) is 12.1. The highest BCUT2D eigenvalue weighted by Crippen LogP contribution is 2.31. The van der Waals surface area contributed by atoms with E-state index < -0.39 is 23.2 Å². The molecule has 0 aliphatic heterocycles. The summed E-state index contributed by atoms with van der Waals surface area (Å²) in [5.41, 5.74) is -0.699. The van der Waals surface area contributed by atoms with Crippen molar-refractivity contribution >= 4 is 39.0 Å². The maximum atomic E-state index is 12.9. The van der Waals surface area contributed by atoms with Crippen molar-refractivity contribution in [1.82, 2.24) is 10.3 Å². The molecular formula is C16H11BrClF3N2O. The van der Waals surface area contributed by atoms with Crippen LogP contribution < -0.4 is 5.32 Å². The minimum Gasteiger partial charge on any atom is -0.348 e. The van der Waals surface area contributed by atoms with E-state index >= 15 is 0 Å². The molecule has 2 rings (SSSR count). The summed E-state index contributed by atoms with van der Waals surface area (Å²) in [6, 6.07) is 6.18. The number of hydrogen-bond donors (Lipinski definition) is 1. The summed E-state index contributed by atoms with van der Waals surface area (Å²) >= 11 is 9.24. The lowest BCUT2D eigenvalue weighted by molar-refractivity contribution is -0.137. The lowest BCUT2D eigenvalue weighted by Gasteiger charge is -2.13. The number of pyridine rings is 1. The van der Waals surface area contributed by atoms with Gasteiger partial charge in [0.2, 0.25) is 0 Å². The van der Waals surface area contributed by atoms with Gasteiger partial charge in [0.1, 0.15) is 0 Å². The molecule has 3 nitrogen and oxygen atoms in total. The lowest BCUT2D eigenvalue weighted by atomic mass is 10.1. The number of nitrogens with one attached hydrogen (secondary N) is 1. The van der Waals surface area contributed by atoms with Crippen LogP contribution in [-0.2, 0) is 6.18 Å². The van der Waals surface area contributed by atoms with Crippen molar-refractivity contribution in [2.75, 3.05) is 6.54 Å². The number of nitrogens with zero attached hydrogens (tertiary/aromatic N) is 1. The molecule has 126 valence electrons. The number of hydrogen-bond acceptors (Lipinski definition) is 2. The molecule has 0 aliphatic rings. The normalized spacial score (nSPS) is 11.2. The van der Waals surface area contributed by atoms with E-state index in [-0.39, 0.29) is 6.54 Å². The Kier molecular flexibility index (Phi) is 5.66. The number of carbonyl (C=O) groups is 1. The van der Waals surface area contributed by atoms with Crippen LogP contribution >= 0.6 is 27.5 Å². The first kappa shape index (κ1) is 18.5. The molecule has 0 saturated heterocycles. The standard InChI is InChI=1S/C16H11BrClF3N2O/c1-9(14-13(18)6-10(17)8-22-14)7-23-15(24)11-4-2-3-5-12(11)16(19,20)21/h2-6,8H,1,7H2,(H,23,24). The van der Waals surface area contributed by atoms with Gasteiger partial charge in [-0.15, -0.1) is 0 Å². The number of carbonyl (C=O) groups excluding carboxylic acids is 1. The second-order valence-electron chi connectivity index (χ2n) is 4.81. The Morgan fingerprint density at radius 3 is 2.62 bits per heavy atom. The van der Waals surface area contributed by atoms with Gasteiger partial charge in [-0.1, -0.05) is 30.3 Å². The van der Waals surface area contributed by atoms with E-state index in [0.29, 0.717) is 20.8 Å². The van der Waals surface area contributed by atoms with Gasteiger partial charge in [-0.25, -0.2) is 0 Å². The molecule has 24 heavy (non-hydrogen) atoms. The summed E-state index contributed by atoms with van der Waals surface area (Å²) < 4.78 is 39.5. The molecule has 0 spiro atoms. The second-order valence-corrected chi connectivity index (χ2v) is 6.14. The Morgan fingerprint density at radius 1 is 1.33 bits per heavy atom. The summed E-state index contributed by atoms with van der Waals surface area (Å²) in [6.45, 7) is 3.67. The molecule has 0 atom stereocenters. The Labute approximate surface area is 149 Å². The Morgan fingerprint density at radius 2 is 2.00 bits per heavy atom. The number of rotatable bonds is 4. The predicted octanol–water partition coefficient (Wildman–Crippen LogP) is 4.96. The SMILES string of the molecule is C=C(CNC(=O)c1ccccc1C(F)(F)F)c1ncc(Br)cc1Cl. The first-order valence-corrected chi connectivity index (χ1v) is 7.81. The van der Waals surface area contributed by atoms with E-state index in [1.54, 1.807) is 6.07 Å². The van der Waals surface area contributed by atoms with E-state index in [4.69, 9.17) is 11.6 Å². The molecule has 1 amide bonds. The van der Waals surface area contributed by atoms with E-state index in [2.05, 4.69) is 32.8 Å². The highest BCUT2D eigenvalue weighted by molar-refractivity contribution is 9.10. The topological polar surface area (TPSA) is 42.0 Å². The van der Waals surface area contributed by atoms with Crippen LogP contribution in [0, 0.1) is 0 Å². The van der Waals surface area contributed by atoms with Crippen molar-refractivity contribution in [3.05, 3.63) is 69.4 Å². The van der Waals surface area contributed by atoms with Crippen LogP contribution in [-0.4, -0.2) is 17.4 Å². The third-order valence-electron chi connectivity index (χ3n) is 3.08. The van der Waals surface area contributed by atoms with Crippen LogP contribution in [0.3, 0.4) is 0 Å². The van der Waals surface area contributed by atoms with Gasteiger partial charge >= 0.3 is 6.18 Å². The van der Waals surface area contributed by atoms with Crippen molar-refractivity contribution in [2.45, 2.75) is 6.18 Å². The van der Waals surface area contributed by atoms with E-state index in [9.17, 15) is 18.0 Å². The number of halogens is 5. The number of benzene rings is 1. The number of alkyl halides is 3. The van der Waals surface area contributed by atoms with Crippen molar-refractivity contribution < 1.29 is 18.0 Å². The van der Waals surface area contributed by atoms with E-state index in [1.807, 2.05) is 0 Å². The molecule has 0 unspecified atom stereocenters. The fraction of sp³-hybridized carbons (Fsp3) is 0.125. The van der Waals surface area contributed by atoms with Gasteiger partial charge in [0.15, 0.2) is 0 Å². The molecule has 1 aromatic carbocycles. The van der Waals surface area contributed by atoms with Gasteiger partial charge in [0.25, 0.3) is 5.91 Å². The van der Waals surface area contributed by atoms with Crippen molar-refractivity contribution in [3.63, 3.8) is 0 Å². The highest BCUT2D eigenvalue weighted by Gasteiger charge is 2.34. The third-order valence-corrected chi connectivity index (χ3v) is 3.80.